The first-order chi connectivity index (χ1) is 9.56. The number of nitrogens with zero attached hydrogens (tertiary/aromatic N) is 1. The first-order valence-corrected chi connectivity index (χ1v) is 7.80. The van der Waals surface area contributed by atoms with Crippen LogP contribution < -0.4 is 10.2 Å². The molecule has 0 aliphatic heterocycles. The Morgan fingerprint density at radius 2 is 2.10 bits per heavy atom. The summed E-state index contributed by atoms with van der Waals surface area (Å²) in [4.78, 5) is 2.28. The van der Waals surface area contributed by atoms with E-state index in [0.717, 1.165) is 37.8 Å². The Morgan fingerprint density at radius 1 is 1.35 bits per heavy atom. The summed E-state index contributed by atoms with van der Waals surface area (Å²) < 4.78 is 13.4. The summed E-state index contributed by atoms with van der Waals surface area (Å²) in [5, 5.41) is 3.64. The highest BCUT2D eigenvalue weighted by molar-refractivity contribution is 5.46. The Morgan fingerprint density at radius 3 is 2.65 bits per heavy atom. The van der Waals surface area contributed by atoms with Crippen LogP contribution in [0, 0.1) is 11.2 Å². The topological polar surface area (TPSA) is 15.3 Å². The number of anilines is 1. The maximum Gasteiger partial charge on any atom is 0.125 e. The molecule has 1 saturated carbocycles. The molecule has 2 nitrogen and oxygen atoms in total. The van der Waals surface area contributed by atoms with Crippen molar-refractivity contribution >= 4 is 5.69 Å². The molecule has 0 amide bonds. The van der Waals surface area contributed by atoms with Crippen molar-refractivity contribution in [3.63, 3.8) is 0 Å². The van der Waals surface area contributed by atoms with Crippen LogP contribution in [0.5, 0.6) is 0 Å². The van der Waals surface area contributed by atoms with Crippen LogP contribution in [-0.2, 0) is 0 Å². The molecule has 20 heavy (non-hydrogen) atoms. The second-order valence-electron chi connectivity index (χ2n) is 6.31. The van der Waals surface area contributed by atoms with Gasteiger partial charge in [-0.3, -0.25) is 0 Å². The second kappa shape index (κ2) is 6.57. The fraction of sp³-hybridized carbons (Fsp3) is 0.647. The van der Waals surface area contributed by atoms with Gasteiger partial charge in [0.25, 0.3) is 0 Å². The summed E-state index contributed by atoms with van der Waals surface area (Å²) in [6, 6.07) is 7.67. The van der Waals surface area contributed by atoms with Crippen LogP contribution in [0.3, 0.4) is 0 Å². The van der Waals surface area contributed by atoms with Crippen LogP contribution in [0.4, 0.5) is 10.1 Å². The molecule has 0 heterocycles. The average molecular weight is 278 g/mol. The number of rotatable bonds is 8. The summed E-state index contributed by atoms with van der Waals surface area (Å²) in [5.74, 6) is -0.157. The van der Waals surface area contributed by atoms with Gasteiger partial charge >= 0.3 is 0 Å². The molecular formula is C17H27FN2. The third-order valence-corrected chi connectivity index (χ3v) is 4.38. The van der Waals surface area contributed by atoms with Crippen LogP contribution in [0.2, 0.25) is 0 Å². The molecule has 0 spiro atoms. The molecule has 1 unspecified atom stereocenters. The van der Waals surface area contributed by atoms with Crippen LogP contribution in [-0.4, -0.2) is 25.7 Å². The summed E-state index contributed by atoms with van der Waals surface area (Å²) in [7, 11) is 0. The highest BCUT2D eigenvalue weighted by atomic mass is 19.1. The molecule has 2 rings (SSSR count). The van der Waals surface area contributed by atoms with Crippen molar-refractivity contribution < 1.29 is 4.39 Å². The minimum atomic E-state index is -0.157. The maximum absolute atomic E-state index is 13.4. The molecule has 0 radical (unpaired) electrons. The normalized spacial score (nSPS) is 17.8. The van der Waals surface area contributed by atoms with Gasteiger partial charge in [-0.05, 0) is 49.8 Å². The van der Waals surface area contributed by atoms with Crippen molar-refractivity contribution in [2.45, 2.75) is 46.1 Å². The van der Waals surface area contributed by atoms with Crippen molar-refractivity contribution in [1.82, 2.24) is 5.32 Å². The first-order valence-electron chi connectivity index (χ1n) is 7.80. The zero-order valence-corrected chi connectivity index (χ0v) is 13.0. The fourth-order valence-electron chi connectivity index (χ4n) is 2.49. The predicted molar refractivity (Wildman–Crippen MR) is 83.7 cm³/mol. The third kappa shape index (κ3) is 4.20. The lowest BCUT2D eigenvalue weighted by molar-refractivity contribution is 0.295. The summed E-state index contributed by atoms with van der Waals surface area (Å²) in [6.07, 6.45) is 3.76. The largest absolute Gasteiger partial charge is 0.371 e. The predicted octanol–water partition coefficient (Wildman–Crippen LogP) is 3.82. The van der Waals surface area contributed by atoms with Gasteiger partial charge in [-0.1, -0.05) is 19.9 Å². The number of nitrogens with one attached hydrogen (secondary N) is 1. The standard InChI is InChI=1S/C17H27FN2/c1-4-17(3,12-19-15-9-10-15)13-20(5-2)16-8-6-7-14(18)11-16/h6-8,11,15,19H,4-5,9-10,12-13H2,1-3H3. The number of hydrogen-bond donors (Lipinski definition) is 1. The van der Waals surface area contributed by atoms with E-state index in [-0.39, 0.29) is 11.2 Å². The zero-order chi connectivity index (χ0) is 14.6. The zero-order valence-electron chi connectivity index (χ0n) is 13.0. The minimum absolute atomic E-state index is 0.157. The van der Waals surface area contributed by atoms with Gasteiger partial charge in [0.2, 0.25) is 0 Å². The fourth-order valence-corrected chi connectivity index (χ4v) is 2.49. The van der Waals surface area contributed by atoms with Gasteiger partial charge in [-0.25, -0.2) is 4.39 Å². The minimum Gasteiger partial charge on any atom is -0.371 e. The average Bonchev–Trinajstić information content (AvgIpc) is 3.27. The molecule has 1 fully saturated rings. The van der Waals surface area contributed by atoms with E-state index in [4.69, 9.17) is 0 Å². The van der Waals surface area contributed by atoms with E-state index in [1.165, 1.54) is 18.9 Å². The molecule has 1 aromatic rings. The van der Waals surface area contributed by atoms with E-state index < -0.39 is 0 Å². The highest BCUT2D eigenvalue weighted by Gasteiger charge is 2.29. The highest BCUT2D eigenvalue weighted by Crippen LogP contribution is 2.27. The molecule has 0 aromatic heterocycles. The van der Waals surface area contributed by atoms with E-state index in [2.05, 4.69) is 31.0 Å². The Kier molecular flexibility index (Phi) is 5.03. The molecule has 0 saturated heterocycles. The molecular weight excluding hydrogens is 251 g/mol. The molecule has 3 heteroatoms. The van der Waals surface area contributed by atoms with Crippen molar-refractivity contribution in [3.05, 3.63) is 30.1 Å². The monoisotopic (exact) mass is 278 g/mol. The van der Waals surface area contributed by atoms with E-state index in [1.807, 2.05) is 6.07 Å². The number of hydrogen-bond acceptors (Lipinski definition) is 2. The third-order valence-electron chi connectivity index (χ3n) is 4.38. The lowest BCUT2D eigenvalue weighted by atomic mass is 9.86. The van der Waals surface area contributed by atoms with Crippen molar-refractivity contribution in [2.75, 3.05) is 24.5 Å². The number of halogens is 1. The maximum atomic E-state index is 13.4. The van der Waals surface area contributed by atoms with Crippen molar-refractivity contribution in [2.24, 2.45) is 5.41 Å². The molecule has 112 valence electrons. The molecule has 0 bridgehead atoms. The van der Waals surface area contributed by atoms with Gasteiger partial charge in [0.15, 0.2) is 0 Å². The summed E-state index contributed by atoms with van der Waals surface area (Å²) in [5.41, 5.74) is 1.21. The SMILES string of the molecule is CCN(CC(C)(CC)CNC1CC1)c1cccc(F)c1. The van der Waals surface area contributed by atoms with Gasteiger partial charge in [-0.15, -0.1) is 0 Å². The molecule has 1 aliphatic carbocycles. The second-order valence-corrected chi connectivity index (χ2v) is 6.31. The van der Waals surface area contributed by atoms with Gasteiger partial charge in [0.1, 0.15) is 5.82 Å². The molecule has 1 aromatic carbocycles. The molecule has 1 N–H and O–H groups in total. The van der Waals surface area contributed by atoms with E-state index >= 15 is 0 Å². The van der Waals surface area contributed by atoms with E-state index in [0.29, 0.717) is 0 Å². The van der Waals surface area contributed by atoms with Crippen LogP contribution >= 0.6 is 0 Å². The van der Waals surface area contributed by atoms with Gasteiger partial charge in [0, 0.05) is 31.4 Å². The summed E-state index contributed by atoms with van der Waals surface area (Å²) in [6.45, 7) is 9.61. The lowest BCUT2D eigenvalue weighted by Gasteiger charge is -2.36. The first kappa shape index (κ1) is 15.3. The van der Waals surface area contributed by atoms with E-state index in [9.17, 15) is 4.39 Å². The molecule has 1 atom stereocenters. The summed E-state index contributed by atoms with van der Waals surface area (Å²) >= 11 is 0. The van der Waals surface area contributed by atoms with Gasteiger partial charge < -0.3 is 10.2 Å². The Bertz CT molecular complexity index is 431. The van der Waals surface area contributed by atoms with Crippen LogP contribution in [0.15, 0.2) is 24.3 Å². The van der Waals surface area contributed by atoms with Crippen molar-refractivity contribution in [3.8, 4) is 0 Å². The van der Waals surface area contributed by atoms with Crippen molar-refractivity contribution in [1.29, 1.82) is 0 Å². The van der Waals surface area contributed by atoms with Crippen LogP contribution in [0.25, 0.3) is 0 Å². The quantitative estimate of drug-likeness (QED) is 0.777. The Balaban J connectivity index is 2.02. The Labute approximate surface area is 122 Å². The Hall–Kier alpha value is -1.09. The lowest BCUT2D eigenvalue weighted by Crippen LogP contribution is -2.42. The van der Waals surface area contributed by atoms with E-state index in [1.54, 1.807) is 12.1 Å². The van der Waals surface area contributed by atoms with Gasteiger partial charge in [0.05, 0.1) is 0 Å². The van der Waals surface area contributed by atoms with Crippen LogP contribution in [0.1, 0.15) is 40.0 Å². The number of benzene rings is 1. The van der Waals surface area contributed by atoms with Gasteiger partial charge in [-0.2, -0.15) is 0 Å². The smallest absolute Gasteiger partial charge is 0.125 e. The molecule has 1 aliphatic rings.